The molecule has 1 heterocycles. The van der Waals surface area contributed by atoms with Gasteiger partial charge in [-0.15, -0.1) is 0 Å². The number of hydrogen-bond acceptors (Lipinski definition) is 1. The number of para-hydroxylation sites is 1. The summed E-state index contributed by atoms with van der Waals surface area (Å²) in [5.41, 5.74) is 7.56. The molecule has 0 fully saturated rings. The molecule has 0 saturated heterocycles. The Morgan fingerprint density at radius 1 is 0.548 bits per heavy atom. The van der Waals surface area contributed by atoms with Gasteiger partial charge in [-0.2, -0.15) is 0 Å². The van der Waals surface area contributed by atoms with Crippen LogP contribution in [-0.4, -0.2) is 9.55 Å². The number of imidazole rings is 1. The molecule has 1 aromatic heterocycles. The zero-order chi connectivity index (χ0) is 20.9. The molecule has 0 atom stereocenters. The summed E-state index contributed by atoms with van der Waals surface area (Å²) in [6.45, 7) is 0. The fraction of sp³-hybridized carbons (Fsp3) is 0.0690. The smallest absolute Gasteiger partial charge is 0.144 e. The van der Waals surface area contributed by atoms with E-state index >= 15 is 0 Å². The summed E-state index contributed by atoms with van der Waals surface area (Å²) in [5, 5.41) is 0. The lowest BCUT2D eigenvalue weighted by molar-refractivity contribution is 0.989. The Hall–Kier alpha value is -3.91. The van der Waals surface area contributed by atoms with Crippen molar-refractivity contribution in [1.29, 1.82) is 0 Å². The van der Waals surface area contributed by atoms with E-state index in [1.54, 1.807) is 0 Å². The molecule has 0 radical (unpaired) electrons. The zero-order valence-electron chi connectivity index (χ0n) is 17.4. The highest BCUT2D eigenvalue weighted by Gasteiger charge is 2.16. The third-order valence-corrected chi connectivity index (χ3v) is 5.59. The van der Waals surface area contributed by atoms with E-state index in [0.29, 0.717) is 0 Å². The number of rotatable bonds is 6. The molecule has 0 unspecified atom stereocenters. The van der Waals surface area contributed by atoms with Crippen LogP contribution in [0.1, 0.15) is 22.3 Å². The highest BCUT2D eigenvalue weighted by molar-refractivity contribution is 5.62. The van der Waals surface area contributed by atoms with Crippen LogP contribution in [0.4, 0.5) is 0 Å². The second kappa shape index (κ2) is 8.85. The van der Waals surface area contributed by atoms with Gasteiger partial charge in [-0.3, -0.25) is 4.57 Å². The molecular weight excluding hydrogens is 376 g/mol. The lowest BCUT2D eigenvalue weighted by Crippen LogP contribution is -2.07. The number of aromatic nitrogens is 2. The minimum atomic E-state index is 0.880. The van der Waals surface area contributed by atoms with E-state index in [0.717, 1.165) is 24.2 Å². The van der Waals surface area contributed by atoms with E-state index in [1.165, 1.54) is 27.9 Å². The van der Waals surface area contributed by atoms with Gasteiger partial charge in [0.1, 0.15) is 5.82 Å². The van der Waals surface area contributed by atoms with Crippen LogP contribution in [-0.2, 0) is 12.8 Å². The van der Waals surface area contributed by atoms with Gasteiger partial charge >= 0.3 is 0 Å². The summed E-state index contributed by atoms with van der Waals surface area (Å²) in [6.07, 6.45) is 5.74. The van der Waals surface area contributed by atoms with Crippen LogP contribution in [0.2, 0.25) is 0 Å². The van der Waals surface area contributed by atoms with Crippen molar-refractivity contribution in [2.45, 2.75) is 12.8 Å². The minimum absolute atomic E-state index is 0.880. The van der Waals surface area contributed by atoms with Crippen LogP contribution in [0.5, 0.6) is 0 Å². The first-order valence-corrected chi connectivity index (χ1v) is 10.7. The molecule has 2 nitrogen and oxygen atoms in total. The van der Waals surface area contributed by atoms with Gasteiger partial charge < -0.3 is 0 Å². The Morgan fingerprint density at radius 3 is 1.61 bits per heavy atom. The molecule has 0 aliphatic rings. The number of benzene rings is 4. The Kier molecular flexibility index (Phi) is 5.44. The summed E-state index contributed by atoms with van der Waals surface area (Å²) < 4.78 is 2.26. The first-order valence-electron chi connectivity index (χ1n) is 10.7. The Balaban J connectivity index is 1.66. The highest BCUT2D eigenvalue weighted by atomic mass is 15.1. The zero-order valence-corrected chi connectivity index (χ0v) is 17.4. The van der Waals surface area contributed by atoms with Gasteiger partial charge in [0.25, 0.3) is 0 Å². The standard InChI is InChI=1S/C29H24N2/c1-4-11-23(12-5-1)21-26-17-10-18-27(22-24-13-6-2-7-14-24)28(26)31-20-19-30-29(31)25-15-8-3-9-16-25/h1-20H,21-22H2. The largest absolute Gasteiger partial charge is 0.299 e. The molecule has 31 heavy (non-hydrogen) atoms. The summed E-state index contributed by atoms with van der Waals surface area (Å²) in [6, 6.07) is 38.4. The van der Waals surface area contributed by atoms with Crippen LogP contribution in [0.25, 0.3) is 17.1 Å². The van der Waals surface area contributed by atoms with Crippen molar-refractivity contribution < 1.29 is 0 Å². The number of nitrogens with zero attached hydrogens (tertiary/aromatic N) is 2. The molecule has 0 spiro atoms. The van der Waals surface area contributed by atoms with Gasteiger partial charge in [-0.05, 0) is 35.1 Å². The predicted octanol–water partition coefficient (Wildman–Crippen LogP) is 6.72. The summed E-state index contributed by atoms with van der Waals surface area (Å²) in [4.78, 5) is 4.72. The fourth-order valence-corrected chi connectivity index (χ4v) is 4.16. The molecule has 0 saturated carbocycles. The Bertz CT molecular complexity index is 1200. The van der Waals surface area contributed by atoms with E-state index in [1.807, 2.05) is 12.3 Å². The van der Waals surface area contributed by atoms with Crippen molar-refractivity contribution in [3.63, 3.8) is 0 Å². The molecule has 150 valence electrons. The second-order valence-corrected chi connectivity index (χ2v) is 7.74. The summed E-state index contributed by atoms with van der Waals surface area (Å²) >= 11 is 0. The highest BCUT2D eigenvalue weighted by Crippen LogP contribution is 2.29. The quantitative estimate of drug-likeness (QED) is 0.309. The molecule has 0 bridgehead atoms. The predicted molar refractivity (Wildman–Crippen MR) is 127 cm³/mol. The Morgan fingerprint density at radius 2 is 1.06 bits per heavy atom. The molecule has 0 N–H and O–H groups in total. The van der Waals surface area contributed by atoms with Gasteiger partial charge in [-0.25, -0.2) is 4.98 Å². The molecule has 2 heteroatoms. The van der Waals surface area contributed by atoms with Crippen molar-refractivity contribution in [2.24, 2.45) is 0 Å². The van der Waals surface area contributed by atoms with Crippen molar-refractivity contribution in [1.82, 2.24) is 9.55 Å². The van der Waals surface area contributed by atoms with Crippen LogP contribution in [0, 0.1) is 0 Å². The maximum atomic E-state index is 4.72. The van der Waals surface area contributed by atoms with E-state index in [4.69, 9.17) is 4.98 Å². The average Bonchev–Trinajstić information content (AvgIpc) is 3.31. The molecule has 0 amide bonds. The Labute approximate surface area is 183 Å². The van der Waals surface area contributed by atoms with Crippen molar-refractivity contribution in [3.05, 3.63) is 144 Å². The number of hydrogen-bond donors (Lipinski definition) is 0. The maximum Gasteiger partial charge on any atom is 0.144 e. The van der Waals surface area contributed by atoms with Crippen molar-refractivity contribution in [3.8, 4) is 17.1 Å². The van der Waals surface area contributed by atoms with Crippen LogP contribution < -0.4 is 0 Å². The maximum absolute atomic E-state index is 4.72. The minimum Gasteiger partial charge on any atom is -0.299 e. The van der Waals surface area contributed by atoms with Gasteiger partial charge in [0.05, 0.1) is 5.69 Å². The molecule has 0 aliphatic heterocycles. The molecule has 4 aromatic carbocycles. The first-order chi connectivity index (χ1) is 15.4. The third kappa shape index (κ3) is 4.19. The average molecular weight is 401 g/mol. The van der Waals surface area contributed by atoms with Crippen molar-refractivity contribution in [2.75, 3.05) is 0 Å². The lowest BCUT2D eigenvalue weighted by Gasteiger charge is -2.18. The fourth-order valence-electron chi connectivity index (χ4n) is 4.16. The molecule has 5 aromatic rings. The van der Waals surface area contributed by atoms with Gasteiger partial charge in [-0.1, -0.05) is 109 Å². The summed E-state index contributed by atoms with van der Waals surface area (Å²) in [5.74, 6) is 0.968. The van der Waals surface area contributed by atoms with E-state index in [-0.39, 0.29) is 0 Å². The third-order valence-electron chi connectivity index (χ3n) is 5.59. The second-order valence-electron chi connectivity index (χ2n) is 7.74. The van der Waals surface area contributed by atoms with Gasteiger partial charge in [0.15, 0.2) is 0 Å². The van der Waals surface area contributed by atoms with E-state index < -0.39 is 0 Å². The molecule has 5 rings (SSSR count). The first kappa shape index (κ1) is 19.1. The molecular formula is C29H24N2. The van der Waals surface area contributed by atoms with E-state index in [9.17, 15) is 0 Å². The van der Waals surface area contributed by atoms with Gasteiger partial charge in [0, 0.05) is 18.0 Å². The summed E-state index contributed by atoms with van der Waals surface area (Å²) in [7, 11) is 0. The SMILES string of the molecule is c1ccc(Cc2cccc(Cc3ccccc3)c2-n2ccnc2-c2ccccc2)cc1. The van der Waals surface area contributed by atoms with Crippen LogP contribution >= 0.6 is 0 Å². The normalized spacial score (nSPS) is 10.8. The van der Waals surface area contributed by atoms with Crippen LogP contribution in [0.3, 0.4) is 0 Å². The topological polar surface area (TPSA) is 17.8 Å². The lowest BCUT2D eigenvalue weighted by atomic mass is 9.96. The molecule has 0 aliphatic carbocycles. The van der Waals surface area contributed by atoms with Crippen molar-refractivity contribution >= 4 is 0 Å². The van der Waals surface area contributed by atoms with Gasteiger partial charge in [0.2, 0.25) is 0 Å². The van der Waals surface area contributed by atoms with E-state index in [2.05, 4.69) is 114 Å². The van der Waals surface area contributed by atoms with Crippen LogP contribution in [0.15, 0.2) is 122 Å². The monoisotopic (exact) mass is 400 g/mol.